The van der Waals surface area contributed by atoms with Gasteiger partial charge in [0.05, 0.1) is 19.2 Å². The molecule has 318 valence electrons. The highest BCUT2D eigenvalue weighted by atomic mass is 16.3. The average molecular weight is 790 g/mol. The maximum Gasteiger partial charge on any atom is 0.336 e. The molecule has 1 aromatic heterocycles. The number of hydrogen-bond donors (Lipinski definition) is 3. The monoisotopic (exact) mass is 790 g/mol. The number of phenols is 2. The summed E-state index contributed by atoms with van der Waals surface area (Å²) in [5.74, 6) is 0.180. The summed E-state index contributed by atoms with van der Waals surface area (Å²) >= 11 is 0. The molecule has 4 rings (SSSR count). The van der Waals surface area contributed by atoms with Crippen LogP contribution in [0.5, 0.6) is 11.5 Å². The van der Waals surface area contributed by atoms with E-state index in [0.29, 0.717) is 46.2 Å². The number of benzene rings is 2. The molecule has 1 fully saturated rings. The largest absolute Gasteiger partial charge is 0.507 e. The molecule has 1 aliphatic carbocycles. The SMILES string of the molecule is CC(C)(C)c1cc(Cn2c(=O)n(Cc3cc(C(C)(C)C)c(O)c(C(C)(C)C)c3)c(=O)n(CC3CC(C(C)(C)C)C(O)C(C(C)(C)C)C3)c2=O)cc(C(C)(C)C)c1O. The summed E-state index contributed by atoms with van der Waals surface area (Å²) in [5, 5.41) is 34.6. The Labute approximate surface area is 342 Å². The molecule has 3 N–H and O–H groups in total. The molecule has 57 heavy (non-hydrogen) atoms. The second-order valence-electron chi connectivity index (χ2n) is 23.5. The van der Waals surface area contributed by atoms with E-state index in [1.54, 1.807) is 0 Å². The van der Waals surface area contributed by atoms with Crippen LogP contribution in [0.25, 0.3) is 0 Å². The number of aromatic nitrogens is 3. The lowest BCUT2D eigenvalue weighted by Gasteiger charge is -2.49. The number of aliphatic hydroxyl groups is 1. The molecule has 0 spiro atoms. The number of hydrogen-bond acceptors (Lipinski definition) is 6. The Morgan fingerprint density at radius 2 is 0.754 bits per heavy atom. The van der Waals surface area contributed by atoms with Crippen LogP contribution in [0, 0.1) is 28.6 Å². The van der Waals surface area contributed by atoms with Gasteiger partial charge >= 0.3 is 17.1 Å². The Kier molecular flexibility index (Phi) is 12.3. The van der Waals surface area contributed by atoms with Gasteiger partial charge in [-0.25, -0.2) is 28.1 Å². The van der Waals surface area contributed by atoms with E-state index in [0.717, 1.165) is 0 Å². The minimum absolute atomic E-state index is 0.0587. The Hall–Kier alpha value is -3.59. The molecule has 0 aliphatic heterocycles. The molecular formula is C48H75N3O6. The van der Waals surface area contributed by atoms with Gasteiger partial charge in [-0.3, -0.25) is 0 Å². The topological polar surface area (TPSA) is 127 Å². The van der Waals surface area contributed by atoms with Gasteiger partial charge in [0.15, 0.2) is 0 Å². The number of nitrogens with zero attached hydrogens (tertiary/aromatic N) is 3. The van der Waals surface area contributed by atoms with Crippen LogP contribution in [0.3, 0.4) is 0 Å². The van der Waals surface area contributed by atoms with Crippen LogP contribution in [0.15, 0.2) is 38.6 Å². The third-order valence-electron chi connectivity index (χ3n) is 12.3. The zero-order chi connectivity index (χ0) is 43.8. The van der Waals surface area contributed by atoms with Crippen molar-refractivity contribution in [1.29, 1.82) is 0 Å². The van der Waals surface area contributed by atoms with E-state index in [1.165, 1.54) is 13.7 Å². The quantitative estimate of drug-likeness (QED) is 0.229. The van der Waals surface area contributed by atoms with Crippen LogP contribution in [0.4, 0.5) is 0 Å². The molecule has 0 saturated heterocycles. The van der Waals surface area contributed by atoms with Crippen molar-refractivity contribution in [2.24, 2.45) is 28.6 Å². The van der Waals surface area contributed by atoms with E-state index in [-0.39, 0.29) is 59.7 Å². The first-order valence-corrected chi connectivity index (χ1v) is 20.9. The van der Waals surface area contributed by atoms with E-state index in [4.69, 9.17) is 0 Å². The number of phenolic OH excluding ortho intramolecular Hbond substituents is 2. The first kappa shape index (κ1) is 46.1. The molecule has 0 amide bonds. The van der Waals surface area contributed by atoms with Crippen molar-refractivity contribution in [2.45, 2.75) is 185 Å². The molecule has 1 aliphatic rings. The van der Waals surface area contributed by atoms with Crippen molar-refractivity contribution in [1.82, 2.24) is 13.7 Å². The average Bonchev–Trinajstić information content (AvgIpc) is 3.02. The Morgan fingerprint density at radius 1 is 0.491 bits per heavy atom. The van der Waals surface area contributed by atoms with Gasteiger partial charge in [-0.15, -0.1) is 0 Å². The van der Waals surface area contributed by atoms with Crippen molar-refractivity contribution >= 4 is 0 Å². The number of aromatic hydroxyl groups is 2. The van der Waals surface area contributed by atoms with Crippen LogP contribution in [0.2, 0.25) is 0 Å². The van der Waals surface area contributed by atoms with E-state index in [9.17, 15) is 29.7 Å². The molecule has 2 unspecified atom stereocenters. The fourth-order valence-corrected chi connectivity index (χ4v) is 8.85. The van der Waals surface area contributed by atoms with Gasteiger partial charge in [-0.2, -0.15) is 0 Å². The molecule has 0 radical (unpaired) electrons. The third kappa shape index (κ3) is 9.83. The minimum atomic E-state index is -0.717. The molecule has 1 heterocycles. The van der Waals surface area contributed by atoms with Gasteiger partial charge in [-0.1, -0.05) is 125 Å². The normalized spacial score (nSPS) is 20.3. The molecule has 9 heteroatoms. The van der Waals surface area contributed by atoms with Gasteiger partial charge < -0.3 is 15.3 Å². The zero-order valence-corrected chi connectivity index (χ0v) is 38.6. The Balaban J connectivity index is 2.03. The second-order valence-corrected chi connectivity index (χ2v) is 23.5. The summed E-state index contributed by atoms with van der Waals surface area (Å²) in [6.45, 7) is 36.9. The highest BCUT2D eigenvalue weighted by Crippen LogP contribution is 2.49. The standard InChI is InChI=1S/C48H75N3O6/c1-43(2,3)31-19-28(20-32(37(31)52)44(4,5)6)25-49-40(55)50(26-29-21-33(45(7,8)9)38(53)34(22-29)46(10,11)12)42(57)51(41(49)56)27-30-23-35(47(13,14)15)39(54)36(24-30)48(16,17)18/h19-22,30,35-36,39,52-54H,23-27H2,1-18H3. The van der Waals surface area contributed by atoms with Crippen molar-refractivity contribution in [3.05, 3.63) is 89.1 Å². The van der Waals surface area contributed by atoms with Gasteiger partial charge in [0.25, 0.3) is 0 Å². The van der Waals surface area contributed by atoms with Gasteiger partial charge in [-0.05, 0) is 121 Å². The van der Waals surface area contributed by atoms with Gasteiger partial charge in [0.2, 0.25) is 0 Å². The van der Waals surface area contributed by atoms with Crippen molar-refractivity contribution in [3.8, 4) is 11.5 Å². The molecular weight excluding hydrogens is 715 g/mol. The summed E-state index contributed by atoms with van der Waals surface area (Å²) in [4.78, 5) is 44.2. The molecule has 2 aromatic carbocycles. The molecule has 2 atom stereocenters. The lowest BCUT2D eigenvalue weighted by molar-refractivity contribution is -0.0859. The summed E-state index contributed by atoms with van der Waals surface area (Å²) < 4.78 is 3.58. The van der Waals surface area contributed by atoms with Crippen LogP contribution in [-0.4, -0.2) is 35.1 Å². The number of rotatable bonds is 6. The maximum absolute atomic E-state index is 14.7. The molecule has 0 bridgehead atoms. The molecule has 9 nitrogen and oxygen atoms in total. The Bertz CT molecular complexity index is 1930. The molecule has 3 aromatic rings. The summed E-state index contributed by atoms with van der Waals surface area (Å²) in [6, 6.07) is 7.47. The van der Waals surface area contributed by atoms with Crippen LogP contribution >= 0.6 is 0 Å². The van der Waals surface area contributed by atoms with E-state index < -0.39 is 44.8 Å². The summed E-state index contributed by atoms with van der Waals surface area (Å²) in [7, 11) is 0. The first-order chi connectivity index (χ1) is 25.5. The third-order valence-corrected chi connectivity index (χ3v) is 12.3. The highest BCUT2D eigenvalue weighted by Gasteiger charge is 2.46. The number of aliphatic hydroxyl groups excluding tert-OH is 1. The van der Waals surface area contributed by atoms with Crippen LogP contribution < -0.4 is 17.1 Å². The van der Waals surface area contributed by atoms with Crippen LogP contribution in [0.1, 0.15) is 171 Å². The van der Waals surface area contributed by atoms with Crippen molar-refractivity contribution in [2.75, 3.05) is 0 Å². The lowest BCUT2D eigenvalue weighted by Crippen LogP contribution is -2.56. The van der Waals surface area contributed by atoms with E-state index in [2.05, 4.69) is 41.5 Å². The van der Waals surface area contributed by atoms with E-state index in [1.807, 2.05) is 107 Å². The maximum atomic E-state index is 14.7. The van der Waals surface area contributed by atoms with Crippen LogP contribution in [-0.2, 0) is 41.3 Å². The Morgan fingerprint density at radius 3 is 1.00 bits per heavy atom. The first-order valence-electron chi connectivity index (χ1n) is 20.9. The van der Waals surface area contributed by atoms with Gasteiger partial charge in [0, 0.05) is 6.54 Å². The predicted molar refractivity (Wildman–Crippen MR) is 233 cm³/mol. The van der Waals surface area contributed by atoms with Crippen molar-refractivity contribution in [3.63, 3.8) is 0 Å². The minimum Gasteiger partial charge on any atom is -0.507 e. The zero-order valence-electron chi connectivity index (χ0n) is 38.6. The highest BCUT2D eigenvalue weighted by molar-refractivity contribution is 5.51. The second kappa shape index (κ2) is 15.2. The predicted octanol–water partition coefficient (Wildman–Crippen LogP) is 8.97. The summed E-state index contributed by atoms with van der Waals surface area (Å²) in [5.41, 5.74) is -0.0347. The lowest BCUT2D eigenvalue weighted by atomic mass is 9.58. The van der Waals surface area contributed by atoms with E-state index >= 15 is 0 Å². The fraction of sp³-hybridized carbons (Fsp3) is 0.688. The smallest absolute Gasteiger partial charge is 0.336 e. The summed E-state index contributed by atoms with van der Waals surface area (Å²) in [6.07, 6.45) is 0.730. The van der Waals surface area contributed by atoms with Gasteiger partial charge in [0.1, 0.15) is 11.5 Å². The fourth-order valence-electron chi connectivity index (χ4n) is 8.85. The molecule has 1 saturated carbocycles. The van der Waals surface area contributed by atoms with Crippen molar-refractivity contribution < 1.29 is 15.3 Å².